The zero-order chi connectivity index (χ0) is 10.4. The van der Waals surface area contributed by atoms with E-state index >= 15 is 0 Å². The molecule has 0 bridgehead atoms. The molecule has 6 heteroatoms. The van der Waals surface area contributed by atoms with Crippen molar-refractivity contribution in [1.29, 1.82) is 0 Å². The van der Waals surface area contributed by atoms with Crippen LogP contribution in [0.25, 0.3) is 0 Å². The summed E-state index contributed by atoms with van der Waals surface area (Å²) < 4.78 is 4.58. The van der Waals surface area contributed by atoms with Crippen LogP contribution in [0.15, 0.2) is 22.7 Å². The number of hydrogen-bond acceptors (Lipinski definition) is 2. The highest BCUT2D eigenvalue weighted by Gasteiger charge is 2.17. The summed E-state index contributed by atoms with van der Waals surface area (Å²) in [5.41, 5.74) is 0. The normalized spacial score (nSPS) is 12.4. The molecule has 0 aliphatic rings. The van der Waals surface area contributed by atoms with E-state index in [1.807, 2.05) is 0 Å². The summed E-state index contributed by atoms with van der Waals surface area (Å²) in [4.78, 5) is 9.95. The molecule has 0 N–H and O–H groups in total. The van der Waals surface area contributed by atoms with Crippen molar-refractivity contribution in [3.63, 3.8) is 0 Å². The molecule has 0 saturated heterocycles. The Balaban J connectivity index is 4.39. The van der Waals surface area contributed by atoms with Crippen LogP contribution in [0.5, 0.6) is 0 Å². The van der Waals surface area contributed by atoms with Gasteiger partial charge in [-0.15, -0.1) is 0 Å². The number of esters is 1. The molecule has 0 aromatic heterocycles. The standard InChI is InChI=1S/C7H6Cl4O2/c1-2-3-13-7(12)5(9)4(8)6(10)11/h2,6H,1,3H2/b5-4+. The molecule has 0 heterocycles. The molecular weight excluding hydrogens is 258 g/mol. The number of carbonyl (C=O) groups excluding carboxylic acids is 1. The first kappa shape index (κ1) is 13.1. The molecule has 0 unspecified atom stereocenters. The van der Waals surface area contributed by atoms with Crippen LogP contribution >= 0.6 is 46.4 Å². The van der Waals surface area contributed by atoms with Gasteiger partial charge in [-0.2, -0.15) is 0 Å². The van der Waals surface area contributed by atoms with Crippen LogP contribution in [0.3, 0.4) is 0 Å². The summed E-state index contributed by atoms with van der Waals surface area (Å²) in [6, 6.07) is 0. The molecule has 0 aromatic carbocycles. The maximum atomic E-state index is 11.0. The number of hydrogen-bond donors (Lipinski definition) is 0. The molecule has 0 amide bonds. The van der Waals surface area contributed by atoms with Crippen molar-refractivity contribution in [1.82, 2.24) is 0 Å². The molecular formula is C7H6Cl4O2. The van der Waals surface area contributed by atoms with E-state index in [4.69, 9.17) is 46.4 Å². The molecule has 0 aliphatic heterocycles. The minimum atomic E-state index is -1.04. The van der Waals surface area contributed by atoms with Gasteiger partial charge >= 0.3 is 5.97 Å². The van der Waals surface area contributed by atoms with E-state index in [9.17, 15) is 4.79 Å². The first-order chi connectivity index (χ1) is 6.00. The summed E-state index contributed by atoms with van der Waals surface area (Å²) >= 11 is 21.7. The largest absolute Gasteiger partial charge is 0.457 e. The summed E-state index contributed by atoms with van der Waals surface area (Å²) in [7, 11) is 0. The molecule has 0 fully saturated rings. The zero-order valence-corrected chi connectivity index (χ0v) is 9.42. The van der Waals surface area contributed by atoms with Crippen LogP contribution < -0.4 is 0 Å². The topological polar surface area (TPSA) is 26.3 Å². The lowest BCUT2D eigenvalue weighted by atomic mass is 10.5. The van der Waals surface area contributed by atoms with Gasteiger partial charge in [0.1, 0.15) is 16.5 Å². The lowest BCUT2D eigenvalue weighted by molar-refractivity contribution is -0.137. The van der Waals surface area contributed by atoms with Crippen molar-refractivity contribution in [2.24, 2.45) is 0 Å². The van der Waals surface area contributed by atoms with Crippen LogP contribution in [0, 0.1) is 0 Å². The molecule has 0 aliphatic carbocycles. The van der Waals surface area contributed by atoms with E-state index in [-0.39, 0.29) is 16.7 Å². The Morgan fingerprint density at radius 2 is 2.00 bits per heavy atom. The highest BCUT2D eigenvalue weighted by Crippen LogP contribution is 2.25. The number of alkyl halides is 2. The minimum absolute atomic E-state index is 0.0501. The molecule has 0 aromatic rings. The van der Waals surface area contributed by atoms with Crippen LogP contribution in [0.1, 0.15) is 0 Å². The van der Waals surface area contributed by atoms with Crippen molar-refractivity contribution < 1.29 is 9.53 Å². The predicted molar refractivity (Wildman–Crippen MR) is 55.4 cm³/mol. The maximum absolute atomic E-state index is 11.0. The smallest absolute Gasteiger partial charge is 0.351 e. The van der Waals surface area contributed by atoms with E-state index in [0.29, 0.717) is 0 Å². The highest BCUT2D eigenvalue weighted by atomic mass is 35.5. The molecule has 0 atom stereocenters. The number of rotatable bonds is 4. The fourth-order valence-corrected chi connectivity index (χ4v) is 0.962. The zero-order valence-electron chi connectivity index (χ0n) is 6.40. The van der Waals surface area contributed by atoms with Crippen molar-refractivity contribution in [2.75, 3.05) is 6.61 Å². The third kappa shape index (κ3) is 4.77. The van der Waals surface area contributed by atoms with Gasteiger partial charge in [0, 0.05) is 0 Å². The van der Waals surface area contributed by atoms with E-state index in [1.54, 1.807) is 0 Å². The summed E-state index contributed by atoms with van der Waals surface area (Å²) in [6.07, 6.45) is 1.40. The Labute approximate surface area is 96.0 Å². The van der Waals surface area contributed by atoms with Crippen LogP contribution in [0.4, 0.5) is 0 Å². The number of halogens is 4. The second-order valence-corrected chi connectivity index (χ2v) is 3.73. The first-order valence-corrected chi connectivity index (χ1v) is 4.75. The van der Waals surface area contributed by atoms with Crippen LogP contribution in [-0.2, 0) is 9.53 Å². The Morgan fingerprint density at radius 1 is 1.46 bits per heavy atom. The average Bonchev–Trinajstić information content (AvgIpc) is 2.11. The lowest BCUT2D eigenvalue weighted by Gasteiger charge is -2.03. The number of carbonyl (C=O) groups is 1. The number of allylic oxidation sites excluding steroid dienone is 1. The van der Waals surface area contributed by atoms with Crippen molar-refractivity contribution in [3.05, 3.63) is 22.7 Å². The predicted octanol–water partition coefficient (Wildman–Crippen LogP) is 3.21. The molecule has 74 valence electrons. The lowest BCUT2D eigenvalue weighted by Crippen LogP contribution is -2.07. The molecule has 13 heavy (non-hydrogen) atoms. The van der Waals surface area contributed by atoms with E-state index in [2.05, 4.69) is 11.3 Å². The fourth-order valence-electron chi connectivity index (χ4n) is 0.391. The Hall–Kier alpha value is 0.110. The van der Waals surface area contributed by atoms with Gasteiger partial charge in [-0.05, 0) is 0 Å². The van der Waals surface area contributed by atoms with E-state index < -0.39 is 10.8 Å². The average molecular weight is 264 g/mol. The van der Waals surface area contributed by atoms with Gasteiger partial charge in [-0.3, -0.25) is 0 Å². The Morgan fingerprint density at radius 3 is 2.38 bits per heavy atom. The van der Waals surface area contributed by atoms with Gasteiger partial charge in [0.2, 0.25) is 0 Å². The minimum Gasteiger partial charge on any atom is -0.457 e. The third-order valence-electron chi connectivity index (χ3n) is 0.913. The third-order valence-corrected chi connectivity index (χ3v) is 2.43. The Bertz CT molecular complexity index is 235. The fraction of sp³-hybridized carbons (Fsp3) is 0.286. The second-order valence-electron chi connectivity index (χ2n) is 1.85. The van der Waals surface area contributed by atoms with E-state index in [0.717, 1.165) is 0 Å². The SMILES string of the molecule is C=CCOC(=O)/C(Cl)=C(\Cl)C(Cl)Cl. The molecule has 0 saturated carbocycles. The van der Waals surface area contributed by atoms with Crippen molar-refractivity contribution in [2.45, 2.75) is 4.84 Å². The summed E-state index contributed by atoms with van der Waals surface area (Å²) in [6.45, 7) is 3.40. The van der Waals surface area contributed by atoms with Gasteiger partial charge in [-0.1, -0.05) is 59.1 Å². The molecule has 0 rings (SSSR count). The Kier molecular flexibility index (Phi) is 6.60. The summed E-state index contributed by atoms with van der Waals surface area (Å²) in [5, 5.41) is -0.474. The maximum Gasteiger partial charge on any atom is 0.351 e. The molecule has 2 nitrogen and oxygen atoms in total. The van der Waals surface area contributed by atoms with Crippen LogP contribution in [-0.4, -0.2) is 17.4 Å². The van der Waals surface area contributed by atoms with Crippen molar-refractivity contribution >= 4 is 52.4 Å². The van der Waals surface area contributed by atoms with Crippen molar-refractivity contribution in [3.8, 4) is 0 Å². The highest BCUT2D eigenvalue weighted by molar-refractivity contribution is 6.56. The number of ether oxygens (including phenoxy) is 1. The van der Waals surface area contributed by atoms with Gasteiger partial charge in [0.05, 0.1) is 5.03 Å². The van der Waals surface area contributed by atoms with Crippen LogP contribution in [0.2, 0.25) is 0 Å². The van der Waals surface area contributed by atoms with Gasteiger partial charge in [-0.25, -0.2) is 4.79 Å². The molecule has 0 spiro atoms. The van der Waals surface area contributed by atoms with Gasteiger partial charge < -0.3 is 4.74 Å². The summed E-state index contributed by atoms with van der Waals surface area (Å²) in [5.74, 6) is -0.780. The molecule has 0 radical (unpaired) electrons. The van der Waals surface area contributed by atoms with Gasteiger partial charge in [0.15, 0.2) is 0 Å². The second kappa shape index (κ2) is 6.55. The van der Waals surface area contributed by atoms with E-state index in [1.165, 1.54) is 6.08 Å². The first-order valence-electron chi connectivity index (χ1n) is 3.12. The monoisotopic (exact) mass is 262 g/mol. The van der Waals surface area contributed by atoms with Gasteiger partial charge in [0.25, 0.3) is 0 Å². The quantitative estimate of drug-likeness (QED) is 0.337.